The van der Waals surface area contributed by atoms with Gasteiger partial charge in [0.25, 0.3) is 0 Å². The van der Waals surface area contributed by atoms with Gasteiger partial charge in [0.15, 0.2) is 0 Å². The highest BCUT2D eigenvalue weighted by Gasteiger charge is 2.19. The molecule has 0 aromatic carbocycles. The van der Waals surface area contributed by atoms with Crippen molar-refractivity contribution in [3.8, 4) is 0 Å². The Labute approximate surface area is 78.1 Å². The Bertz CT molecular complexity index is 122. The Morgan fingerprint density at radius 1 is 1.33 bits per heavy atom. The summed E-state index contributed by atoms with van der Waals surface area (Å²) in [6.45, 7) is 13.1. The predicted octanol–water partition coefficient (Wildman–Crippen LogP) is 4.42. The van der Waals surface area contributed by atoms with Crippen molar-refractivity contribution in [2.45, 2.75) is 53.4 Å². The molecule has 0 radical (unpaired) electrons. The van der Waals surface area contributed by atoms with Gasteiger partial charge in [-0.25, -0.2) is 0 Å². The third kappa shape index (κ3) is 4.58. The lowest BCUT2D eigenvalue weighted by atomic mass is 9.79. The summed E-state index contributed by atoms with van der Waals surface area (Å²) in [6.07, 6.45) is 7.14. The van der Waals surface area contributed by atoms with Gasteiger partial charge in [-0.1, -0.05) is 46.6 Å². The molecule has 0 spiro atoms. The second kappa shape index (κ2) is 5.40. The van der Waals surface area contributed by atoms with E-state index in [1.165, 1.54) is 25.7 Å². The molecule has 0 amide bonds. The normalized spacial score (nSPS) is 14.3. The van der Waals surface area contributed by atoms with Gasteiger partial charge in [0, 0.05) is 0 Å². The topological polar surface area (TPSA) is 0 Å². The quantitative estimate of drug-likeness (QED) is 0.515. The molecule has 0 N–H and O–H groups in total. The molecule has 0 fully saturated rings. The van der Waals surface area contributed by atoms with Crippen LogP contribution in [0.3, 0.4) is 0 Å². The third-order valence-corrected chi connectivity index (χ3v) is 2.88. The van der Waals surface area contributed by atoms with E-state index >= 15 is 0 Å². The van der Waals surface area contributed by atoms with Crippen molar-refractivity contribution in [3.05, 3.63) is 12.7 Å². The lowest BCUT2D eigenvalue weighted by Gasteiger charge is -2.27. The molecule has 1 atom stereocenters. The first-order valence-corrected chi connectivity index (χ1v) is 5.16. The zero-order valence-electron chi connectivity index (χ0n) is 9.19. The van der Waals surface area contributed by atoms with Crippen molar-refractivity contribution in [3.63, 3.8) is 0 Å². The standard InChI is InChI=1S/C12H24/c1-6-9-11(7-2)10-12(4,5)8-3/h6,11H,1,7-10H2,2-5H3. The summed E-state index contributed by atoms with van der Waals surface area (Å²) in [5, 5.41) is 0. The van der Waals surface area contributed by atoms with Crippen LogP contribution < -0.4 is 0 Å². The minimum Gasteiger partial charge on any atom is -0.103 e. The van der Waals surface area contributed by atoms with Crippen molar-refractivity contribution in [1.82, 2.24) is 0 Å². The molecule has 0 aromatic rings. The molecule has 0 aromatic heterocycles. The fourth-order valence-corrected chi connectivity index (χ4v) is 1.56. The molecule has 0 bridgehead atoms. The average molecular weight is 168 g/mol. The van der Waals surface area contributed by atoms with E-state index in [0.717, 1.165) is 5.92 Å². The number of hydrogen-bond acceptors (Lipinski definition) is 0. The fourth-order valence-electron chi connectivity index (χ4n) is 1.56. The van der Waals surface area contributed by atoms with E-state index in [-0.39, 0.29) is 0 Å². The van der Waals surface area contributed by atoms with E-state index in [1.807, 2.05) is 0 Å². The Hall–Kier alpha value is -0.260. The second-order valence-electron chi connectivity index (χ2n) is 4.52. The predicted molar refractivity (Wildman–Crippen MR) is 57.3 cm³/mol. The van der Waals surface area contributed by atoms with Crippen LogP contribution in [0, 0.1) is 11.3 Å². The van der Waals surface area contributed by atoms with Crippen molar-refractivity contribution >= 4 is 0 Å². The molecule has 1 unspecified atom stereocenters. The summed E-state index contributed by atoms with van der Waals surface area (Å²) in [5.41, 5.74) is 0.518. The molecule has 12 heavy (non-hydrogen) atoms. The molecule has 0 heteroatoms. The summed E-state index contributed by atoms with van der Waals surface area (Å²) in [5.74, 6) is 0.845. The number of hydrogen-bond donors (Lipinski definition) is 0. The summed E-state index contributed by atoms with van der Waals surface area (Å²) in [7, 11) is 0. The monoisotopic (exact) mass is 168 g/mol. The molecular weight excluding hydrogens is 144 g/mol. The van der Waals surface area contributed by atoms with Crippen LogP contribution in [0.15, 0.2) is 12.7 Å². The van der Waals surface area contributed by atoms with Gasteiger partial charge in [-0.15, -0.1) is 6.58 Å². The Kier molecular flexibility index (Phi) is 5.28. The van der Waals surface area contributed by atoms with Crippen LogP contribution in [0.1, 0.15) is 53.4 Å². The van der Waals surface area contributed by atoms with Crippen LogP contribution in [-0.4, -0.2) is 0 Å². The number of allylic oxidation sites excluding steroid dienone is 1. The number of rotatable bonds is 6. The van der Waals surface area contributed by atoms with Crippen LogP contribution in [0.2, 0.25) is 0 Å². The van der Waals surface area contributed by atoms with Crippen molar-refractivity contribution < 1.29 is 0 Å². The summed E-state index contributed by atoms with van der Waals surface area (Å²) < 4.78 is 0. The van der Waals surface area contributed by atoms with Crippen LogP contribution in [0.5, 0.6) is 0 Å². The maximum Gasteiger partial charge on any atom is -0.0325 e. The third-order valence-electron chi connectivity index (χ3n) is 2.88. The molecule has 0 saturated heterocycles. The first-order valence-electron chi connectivity index (χ1n) is 5.16. The van der Waals surface area contributed by atoms with Gasteiger partial charge in [-0.05, 0) is 24.2 Å². The van der Waals surface area contributed by atoms with Gasteiger partial charge < -0.3 is 0 Å². The largest absolute Gasteiger partial charge is 0.103 e. The van der Waals surface area contributed by atoms with Crippen molar-refractivity contribution in [2.75, 3.05) is 0 Å². The molecule has 0 aliphatic rings. The summed E-state index contributed by atoms with van der Waals surface area (Å²) >= 11 is 0. The average Bonchev–Trinajstić information content (AvgIpc) is 2.03. The van der Waals surface area contributed by atoms with E-state index in [9.17, 15) is 0 Å². The lowest BCUT2D eigenvalue weighted by Crippen LogP contribution is -2.15. The second-order valence-corrected chi connectivity index (χ2v) is 4.52. The highest BCUT2D eigenvalue weighted by Crippen LogP contribution is 2.31. The minimum atomic E-state index is 0.518. The zero-order valence-corrected chi connectivity index (χ0v) is 9.19. The fraction of sp³-hybridized carbons (Fsp3) is 0.833. The molecule has 0 heterocycles. The van der Waals surface area contributed by atoms with Gasteiger partial charge in [-0.3, -0.25) is 0 Å². The molecule has 0 saturated carbocycles. The Morgan fingerprint density at radius 3 is 2.25 bits per heavy atom. The van der Waals surface area contributed by atoms with Gasteiger partial charge in [0.1, 0.15) is 0 Å². The van der Waals surface area contributed by atoms with E-state index in [0.29, 0.717) is 5.41 Å². The lowest BCUT2D eigenvalue weighted by molar-refractivity contribution is 0.253. The van der Waals surface area contributed by atoms with Gasteiger partial charge in [0.05, 0.1) is 0 Å². The van der Waals surface area contributed by atoms with E-state index in [4.69, 9.17) is 0 Å². The maximum absolute atomic E-state index is 3.80. The van der Waals surface area contributed by atoms with Crippen LogP contribution in [0.25, 0.3) is 0 Å². The van der Waals surface area contributed by atoms with Crippen molar-refractivity contribution in [2.24, 2.45) is 11.3 Å². The molecule has 0 nitrogen and oxygen atoms in total. The molecule has 0 aliphatic carbocycles. The van der Waals surface area contributed by atoms with Gasteiger partial charge in [-0.2, -0.15) is 0 Å². The van der Waals surface area contributed by atoms with E-state index in [2.05, 4.69) is 40.3 Å². The molecule has 72 valence electrons. The van der Waals surface area contributed by atoms with Crippen LogP contribution in [-0.2, 0) is 0 Å². The van der Waals surface area contributed by atoms with Gasteiger partial charge in [0.2, 0.25) is 0 Å². The SMILES string of the molecule is C=CCC(CC)CC(C)(C)CC. The zero-order chi connectivity index (χ0) is 9.61. The van der Waals surface area contributed by atoms with Crippen LogP contribution >= 0.6 is 0 Å². The molecular formula is C12H24. The first kappa shape index (κ1) is 11.7. The summed E-state index contributed by atoms with van der Waals surface area (Å²) in [4.78, 5) is 0. The van der Waals surface area contributed by atoms with Crippen LogP contribution in [0.4, 0.5) is 0 Å². The summed E-state index contributed by atoms with van der Waals surface area (Å²) in [6, 6.07) is 0. The van der Waals surface area contributed by atoms with E-state index in [1.54, 1.807) is 0 Å². The van der Waals surface area contributed by atoms with E-state index < -0.39 is 0 Å². The highest BCUT2D eigenvalue weighted by molar-refractivity contribution is 4.77. The smallest absolute Gasteiger partial charge is 0.0325 e. The Morgan fingerprint density at radius 2 is 1.92 bits per heavy atom. The van der Waals surface area contributed by atoms with Crippen molar-refractivity contribution in [1.29, 1.82) is 0 Å². The highest BCUT2D eigenvalue weighted by atomic mass is 14.2. The van der Waals surface area contributed by atoms with Gasteiger partial charge >= 0.3 is 0 Å². The first-order chi connectivity index (χ1) is 5.55. The molecule has 0 aliphatic heterocycles. The minimum absolute atomic E-state index is 0.518. The Balaban J connectivity index is 3.91. The maximum atomic E-state index is 3.80. The molecule has 0 rings (SSSR count).